The number of anilines is 1. The molecule has 0 bridgehead atoms. The third kappa shape index (κ3) is 2.09. The maximum Gasteiger partial charge on any atom is 0.353 e. The first-order chi connectivity index (χ1) is 7.66. The zero-order valence-corrected chi connectivity index (χ0v) is 8.75. The van der Waals surface area contributed by atoms with Crippen LogP contribution in [0.5, 0.6) is 0 Å². The standard InChI is InChI=1S/C9H7N3O3S/c13-8(6-2-1-3-16-6)10-7-4-5(9(14)15)11-12-7/h1-4H,(H,14,15)(H2,10,11,12,13). The lowest BCUT2D eigenvalue weighted by molar-refractivity contribution is 0.0690. The van der Waals surface area contributed by atoms with E-state index >= 15 is 0 Å². The number of carboxylic acids is 1. The molecular formula is C9H7N3O3S. The molecule has 0 radical (unpaired) electrons. The van der Waals surface area contributed by atoms with E-state index < -0.39 is 5.97 Å². The van der Waals surface area contributed by atoms with E-state index in [1.807, 2.05) is 0 Å². The van der Waals surface area contributed by atoms with Gasteiger partial charge in [-0.25, -0.2) is 4.79 Å². The van der Waals surface area contributed by atoms with Crippen molar-refractivity contribution in [3.63, 3.8) is 0 Å². The van der Waals surface area contributed by atoms with Crippen LogP contribution in [-0.2, 0) is 0 Å². The highest BCUT2D eigenvalue weighted by atomic mass is 32.1. The second kappa shape index (κ2) is 4.15. The maximum absolute atomic E-state index is 11.6. The smallest absolute Gasteiger partial charge is 0.353 e. The van der Waals surface area contributed by atoms with Crippen LogP contribution in [0.25, 0.3) is 0 Å². The first kappa shape index (κ1) is 10.4. The number of thiophene rings is 1. The Balaban J connectivity index is 2.09. The minimum absolute atomic E-state index is 0.0681. The molecule has 0 unspecified atom stereocenters. The Morgan fingerprint density at radius 3 is 2.88 bits per heavy atom. The molecule has 0 aliphatic rings. The molecule has 2 heterocycles. The molecule has 0 aliphatic heterocycles. The number of aromatic carboxylic acids is 1. The molecule has 0 fully saturated rings. The van der Waals surface area contributed by atoms with Crippen LogP contribution in [0.4, 0.5) is 5.82 Å². The molecular weight excluding hydrogens is 230 g/mol. The summed E-state index contributed by atoms with van der Waals surface area (Å²) in [5.41, 5.74) is -0.0681. The fourth-order valence-corrected chi connectivity index (χ4v) is 1.70. The first-order valence-corrected chi connectivity index (χ1v) is 5.18. The molecule has 0 atom stereocenters. The lowest BCUT2D eigenvalue weighted by Crippen LogP contribution is -2.10. The number of nitrogens with zero attached hydrogens (tertiary/aromatic N) is 1. The average molecular weight is 237 g/mol. The van der Waals surface area contributed by atoms with Crippen molar-refractivity contribution >= 4 is 29.0 Å². The quantitative estimate of drug-likeness (QED) is 0.752. The van der Waals surface area contributed by atoms with Gasteiger partial charge in [0, 0.05) is 6.07 Å². The van der Waals surface area contributed by atoms with Gasteiger partial charge in [-0.05, 0) is 11.4 Å². The van der Waals surface area contributed by atoms with E-state index in [0.717, 1.165) is 0 Å². The van der Waals surface area contributed by atoms with Crippen molar-refractivity contribution in [3.8, 4) is 0 Å². The van der Waals surface area contributed by atoms with E-state index in [2.05, 4.69) is 15.5 Å². The monoisotopic (exact) mass is 237 g/mol. The number of carbonyl (C=O) groups is 2. The molecule has 2 rings (SSSR count). The van der Waals surface area contributed by atoms with E-state index in [1.165, 1.54) is 17.4 Å². The van der Waals surface area contributed by atoms with Crippen LogP contribution in [0.2, 0.25) is 0 Å². The minimum Gasteiger partial charge on any atom is -0.477 e. The number of aromatic amines is 1. The van der Waals surface area contributed by atoms with E-state index in [9.17, 15) is 9.59 Å². The summed E-state index contributed by atoms with van der Waals surface area (Å²) in [6.45, 7) is 0. The van der Waals surface area contributed by atoms with Crippen molar-refractivity contribution < 1.29 is 14.7 Å². The van der Waals surface area contributed by atoms with Crippen molar-refractivity contribution in [1.29, 1.82) is 0 Å². The SMILES string of the molecule is O=C(O)c1cc(NC(=O)c2cccs2)n[nH]1. The Labute approximate surface area is 93.9 Å². The fourth-order valence-electron chi connectivity index (χ4n) is 1.08. The molecule has 0 saturated heterocycles. The van der Waals surface area contributed by atoms with Crippen LogP contribution in [0.15, 0.2) is 23.6 Å². The van der Waals surface area contributed by atoms with E-state index in [1.54, 1.807) is 17.5 Å². The number of H-pyrrole nitrogens is 1. The normalized spacial score (nSPS) is 10.0. The van der Waals surface area contributed by atoms with Gasteiger partial charge in [0.1, 0.15) is 5.69 Å². The highest BCUT2D eigenvalue weighted by molar-refractivity contribution is 7.12. The topological polar surface area (TPSA) is 95.1 Å². The van der Waals surface area contributed by atoms with Crippen molar-refractivity contribution in [2.24, 2.45) is 0 Å². The zero-order valence-electron chi connectivity index (χ0n) is 7.93. The Kier molecular flexibility index (Phi) is 2.69. The maximum atomic E-state index is 11.6. The second-order valence-corrected chi connectivity index (χ2v) is 3.85. The minimum atomic E-state index is -1.12. The summed E-state index contributed by atoms with van der Waals surface area (Å²) in [6, 6.07) is 4.69. The molecule has 3 N–H and O–H groups in total. The number of rotatable bonds is 3. The molecule has 2 aromatic heterocycles. The van der Waals surface area contributed by atoms with Crippen LogP contribution in [0, 0.1) is 0 Å². The van der Waals surface area contributed by atoms with Crippen LogP contribution >= 0.6 is 11.3 Å². The molecule has 6 nitrogen and oxygen atoms in total. The number of aromatic nitrogens is 2. The summed E-state index contributed by atoms with van der Waals surface area (Å²) in [5, 5.41) is 18.8. The van der Waals surface area contributed by atoms with Crippen LogP contribution in [-0.4, -0.2) is 27.2 Å². The lowest BCUT2D eigenvalue weighted by Gasteiger charge is -1.96. The molecule has 0 spiro atoms. The van der Waals surface area contributed by atoms with Crippen LogP contribution < -0.4 is 5.32 Å². The molecule has 16 heavy (non-hydrogen) atoms. The van der Waals surface area contributed by atoms with Crippen molar-refractivity contribution in [2.75, 3.05) is 5.32 Å². The van der Waals surface area contributed by atoms with Gasteiger partial charge in [-0.1, -0.05) is 6.07 Å². The average Bonchev–Trinajstić information content (AvgIpc) is 2.87. The largest absolute Gasteiger partial charge is 0.477 e. The zero-order chi connectivity index (χ0) is 11.5. The fraction of sp³-hybridized carbons (Fsp3) is 0. The van der Waals surface area contributed by atoms with E-state index in [-0.39, 0.29) is 17.4 Å². The van der Waals surface area contributed by atoms with Crippen molar-refractivity contribution in [1.82, 2.24) is 10.2 Å². The molecule has 7 heteroatoms. The third-order valence-corrected chi connectivity index (χ3v) is 2.66. The summed E-state index contributed by atoms with van der Waals surface area (Å²) in [6.07, 6.45) is 0. The summed E-state index contributed by atoms with van der Waals surface area (Å²) >= 11 is 1.30. The van der Waals surface area contributed by atoms with Gasteiger partial charge in [-0.3, -0.25) is 9.89 Å². The summed E-state index contributed by atoms with van der Waals surface area (Å²) in [5.74, 6) is -1.24. The van der Waals surface area contributed by atoms with Gasteiger partial charge >= 0.3 is 5.97 Å². The van der Waals surface area contributed by atoms with Crippen molar-refractivity contribution in [3.05, 3.63) is 34.2 Å². The number of hydrogen-bond donors (Lipinski definition) is 3. The molecule has 2 aromatic rings. The van der Waals surface area contributed by atoms with Gasteiger partial charge in [0.05, 0.1) is 4.88 Å². The molecule has 0 aliphatic carbocycles. The number of hydrogen-bond acceptors (Lipinski definition) is 4. The van der Waals surface area contributed by atoms with Crippen LogP contribution in [0.1, 0.15) is 20.2 Å². The van der Waals surface area contributed by atoms with Gasteiger partial charge in [0.15, 0.2) is 5.82 Å². The summed E-state index contributed by atoms with van der Waals surface area (Å²) in [7, 11) is 0. The molecule has 82 valence electrons. The highest BCUT2D eigenvalue weighted by Gasteiger charge is 2.11. The number of carboxylic acid groups (broad SMARTS) is 1. The first-order valence-electron chi connectivity index (χ1n) is 4.30. The van der Waals surface area contributed by atoms with Gasteiger partial charge in [-0.2, -0.15) is 5.10 Å². The second-order valence-electron chi connectivity index (χ2n) is 2.90. The van der Waals surface area contributed by atoms with Gasteiger partial charge in [0.25, 0.3) is 5.91 Å². The Morgan fingerprint density at radius 1 is 1.50 bits per heavy atom. The Bertz CT molecular complexity index is 518. The predicted molar refractivity (Wildman–Crippen MR) is 57.8 cm³/mol. The lowest BCUT2D eigenvalue weighted by atomic mass is 10.4. The highest BCUT2D eigenvalue weighted by Crippen LogP contribution is 2.12. The third-order valence-electron chi connectivity index (χ3n) is 1.79. The number of amides is 1. The molecule has 0 aromatic carbocycles. The summed E-state index contributed by atoms with van der Waals surface area (Å²) < 4.78 is 0. The van der Waals surface area contributed by atoms with Gasteiger partial charge < -0.3 is 10.4 Å². The predicted octanol–water partition coefficient (Wildman–Crippen LogP) is 1.42. The van der Waals surface area contributed by atoms with E-state index in [0.29, 0.717) is 4.88 Å². The van der Waals surface area contributed by atoms with Gasteiger partial charge in [-0.15, -0.1) is 11.3 Å². The van der Waals surface area contributed by atoms with Crippen molar-refractivity contribution in [2.45, 2.75) is 0 Å². The number of nitrogens with one attached hydrogen (secondary N) is 2. The molecule has 0 saturated carbocycles. The molecule has 1 amide bonds. The van der Waals surface area contributed by atoms with E-state index in [4.69, 9.17) is 5.11 Å². The summed E-state index contributed by atoms with van der Waals surface area (Å²) in [4.78, 5) is 22.6. The number of carbonyl (C=O) groups excluding carboxylic acids is 1. The Morgan fingerprint density at radius 2 is 2.31 bits per heavy atom. The van der Waals surface area contributed by atoms with Crippen LogP contribution in [0.3, 0.4) is 0 Å². The van der Waals surface area contributed by atoms with Gasteiger partial charge in [0.2, 0.25) is 0 Å². The Hall–Kier alpha value is -2.15.